The van der Waals surface area contributed by atoms with Gasteiger partial charge in [-0.3, -0.25) is 4.79 Å². The zero-order valence-corrected chi connectivity index (χ0v) is 15.5. The van der Waals surface area contributed by atoms with Gasteiger partial charge in [0, 0.05) is 30.0 Å². The van der Waals surface area contributed by atoms with Gasteiger partial charge in [-0.1, -0.05) is 13.8 Å². The molecule has 1 amide bonds. The van der Waals surface area contributed by atoms with E-state index < -0.39 is 5.97 Å². The van der Waals surface area contributed by atoms with Crippen LogP contribution in [0.15, 0.2) is 5.38 Å². The van der Waals surface area contributed by atoms with Gasteiger partial charge in [-0.2, -0.15) is 0 Å². The number of carbonyl (C=O) groups excluding carboxylic acids is 2. The van der Waals surface area contributed by atoms with E-state index in [-0.39, 0.29) is 5.91 Å². The second kappa shape index (κ2) is 7.61. The Labute approximate surface area is 145 Å². The van der Waals surface area contributed by atoms with E-state index in [9.17, 15) is 9.59 Å². The summed E-state index contributed by atoms with van der Waals surface area (Å²) in [6.45, 7) is 8.20. The molecule has 2 rings (SSSR count). The minimum absolute atomic E-state index is 0.231. The number of ether oxygens (including phenoxy) is 1. The van der Waals surface area contributed by atoms with Crippen molar-refractivity contribution in [1.82, 2.24) is 15.3 Å². The Morgan fingerprint density at radius 1 is 1.38 bits per heavy atom. The first-order valence-corrected chi connectivity index (χ1v) is 8.73. The fraction of sp³-hybridized carbons (Fsp3) is 0.471. The number of aryl methyl sites for hydroxylation is 1. The summed E-state index contributed by atoms with van der Waals surface area (Å²) < 4.78 is 4.75. The molecule has 2 aromatic rings. The van der Waals surface area contributed by atoms with Crippen LogP contribution in [0.2, 0.25) is 0 Å². The van der Waals surface area contributed by atoms with E-state index in [1.165, 1.54) is 7.11 Å². The molecule has 24 heavy (non-hydrogen) atoms. The van der Waals surface area contributed by atoms with E-state index in [1.54, 1.807) is 25.2 Å². The fourth-order valence-electron chi connectivity index (χ4n) is 2.48. The van der Waals surface area contributed by atoms with Crippen molar-refractivity contribution >= 4 is 23.2 Å². The number of carbonyl (C=O) groups is 2. The largest absolute Gasteiger partial charge is 0.465 e. The molecule has 0 unspecified atom stereocenters. The zero-order valence-electron chi connectivity index (χ0n) is 14.6. The van der Waals surface area contributed by atoms with Crippen molar-refractivity contribution in [2.45, 2.75) is 40.0 Å². The van der Waals surface area contributed by atoms with E-state index in [2.05, 4.69) is 29.1 Å². The van der Waals surface area contributed by atoms with Crippen molar-refractivity contribution < 1.29 is 14.3 Å². The molecule has 0 aliphatic heterocycles. The summed E-state index contributed by atoms with van der Waals surface area (Å²) in [7, 11) is 1.33. The van der Waals surface area contributed by atoms with Crippen LogP contribution in [0.3, 0.4) is 0 Å². The highest BCUT2D eigenvalue weighted by molar-refractivity contribution is 7.09. The number of nitrogens with one attached hydrogen (secondary N) is 2. The van der Waals surface area contributed by atoms with Crippen LogP contribution in [-0.4, -0.2) is 35.5 Å². The first kappa shape index (κ1) is 18.2. The highest BCUT2D eigenvalue weighted by atomic mass is 32.1. The average molecular weight is 349 g/mol. The lowest BCUT2D eigenvalue weighted by molar-refractivity contribution is 0.0599. The van der Waals surface area contributed by atoms with E-state index >= 15 is 0 Å². The number of methoxy groups -OCH3 is 1. The zero-order chi connectivity index (χ0) is 17.9. The molecule has 130 valence electrons. The number of thiazole rings is 1. The molecule has 0 bridgehead atoms. The van der Waals surface area contributed by atoms with Gasteiger partial charge in [-0.05, 0) is 19.4 Å². The highest BCUT2D eigenvalue weighted by Gasteiger charge is 2.22. The standard InChI is InChI=1S/C17H23N3O3S/c1-9(2)16-20-12(8-24-16)6-7-18-15(21)14-10(3)13(11(4)19-14)17(22)23-5/h8-9,19H,6-7H2,1-5H3,(H,18,21). The quantitative estimate of drug-likeness (QED) is 0.785. The molecule has 2 N–H and O–H groups in total. The Kier molecular flexibility index (Phi) is 5.77. The number of amides is 1. The minimum atomic E-state index is -0.441. The maximum atomic E-state index is 12.3. The predicted octanol–water partition coefficient (Wildman–Crippen LogP) is 2.97. The summed E-state index contributed by atoms with van der Waals surface area (Å²) in [5, 5.41) is 6.00. The Bertz CT molecular complexity index is 746. The third-order valence-corrected chi connectivity index (χ3v) is 4.98. The molecule has 2 heterocycles. The van der Waals surface area contributed by atoms with Crippen molar-refractivity contribution in [3.05, 3.63) is 38.6 Å². The lowest BCUT2D eigenvalue weighted by atomic mass is 10.1. The number of hydrogen-bond donors (Lipinski definition) is 2. The molecular weight excluding hydrogens is 326 g/mol. The van der Waals surface area contributed by atoms with Gasteiger partial charge in [-0.15, -0.1) is 11.3 Å². The van der Waals surface area contributed by atoms with Crippen LogP contribution in [0.4, 0.5) is 0 Å². The van der Waals surface area contributed by atoms with Crippen LogP contribution in [0, 0.1) is 13.8 Å². The second-order valence-corrected chi connectivity index (χ2v) is 6.84. The molecule has 0 spiro atoms. The fourth-order valence-corrected chi connectivity index (χ4v) is 3.35. The van der Waals surface area contributed by atoms with Crippen LogP contribution in [-0.2, 0) is 11.2 Å². The smallest absolute Gasteiger partial charge is 0.339 e. The summed E-state index contributed by atoms with van der Waals surface area (Å²) in [6, 6.07) is 0. The summed E-state index contributed by atoms with van der Waals surface area (Å²) in [5.41, 5.74) is 3.04. The topological polar surface area (TPSA) is 84.1 Å². The van der Waals surface area contributed by atoms with Crippen molar-refractivity contribution in [2.75, 3.05) is 13.7 Å². The maximum Gasteiger partial charge on any atom is 0.339 e. The van der Waals surface area contributed by atoms with Crippen molar-refractivity contribution in [1.29, 1.82) is 0 Å². The number of aromatic amines is 1. The maximum absolute atomic E-state index is 12.3. The van der Waals surface area contributed by atoms with E-state index in [0.29, 0.717) is 41.4 Å². The van der Waals surface area contributed by atoms with E-state index in [0.717, 1.165) is 10.7 Å². The van der Waals surface area contributed by atoms with E-state index in [1.807, 2.05) is 5.38 Å². The molecule has 7 heteroatoms. The molecule has 0 aliphatic carbocycles. The molecule has 2 aromatic heterocycles. The lowest BCUT2D eigenvalue weighted by Gasteiger charge is -2.04. The predicted molar refractivity (Wildman–Crippen MR) is 93.8 cm³/mol. The molecule has 0 saturated heterocycles. The number of H-pyrrole nitrogens is 1. The van der Waals surface area contributed by atoms with Gasteiger partial charge < -0.3 is 15.0 Å². The third-order valence-electron chi connectivity index (χ3n) is 3.78. The van der Waals surface area contributed by atoms with Crippen molar-refractivity contribution in [3.8, 4) is 0 Å². The third kappa shape index (κ3) is 3.84. The van der Waals surface area contributed by atoms with Gasteiger partial charge in [0.05, 0.1) is 23.4 Å². The Morgan fingerprint density at radius 2 is 2.08 bits per heavy atom. The summed E-state index contributed by atoms with van der Waals surface area (Å²) in [4.78, 5) is 31.6. The van der Waals surface area contributed by atoms with Crippen LogP contribution < -0.4 is 5.32 Å². The van der Waals surface area contributed by atoms with Gasteiger partial charge in [0.1, 0.15) is 5.69 Å². The van der Waals surface area contributed by atoms with Crippen LogP contribution in [0.1, 0.15) is 62.6 Å². The molecule has 0 fully saturated rings. The van der Waals surface area contributed by atoms with Gasteiger partial charge in [0.15, 0.2) is 0 Å². The number of hydrogen-bond acceptors (Lipinski definition) is 5. The van der Waals surface area contributed by atoms with Crippen molar-refractivity contribution in [2.24, 2.45) is 0 Å². The van der Waals surface area contributed by atoms with Gasteiger partial charge in [0.25, 0.3) is 5.91 Å². The normalized spacial score (nSPS) is 10.9. The SMILES string of the molecule is COC(=O)c1c(C)[nH]c(C(=O)NCCc2csc(C(C)C)n2)c1C. The minimum Gasteiger partial charge on any atom is -0.465 e. The van der Waals surface area contributed by atoms with Crippen LogP contribution in [0.5, 0.6) is 0 Å². The van der Waals surface area contributed by atoms with Crippen molar-refractivity contribution in [3.63, 3.8) is 0 Å². The highest BCUT2D eigenvalue weighted by Crippen LogP contribution is 2.20. The number of rotatable bonds is 6. The van der Waals surface area contributed by atoms with Gasteiger partial charge >= 0.3 is 5.97 Å². The first-order chi connectivity index (χ1) is 11.3. The molecule has 0 aromatic carbocycles. The van der Waals surface area contributed by atoms with Gasteiger partial charge in [-0.25, -0.2) is 9.78 Å². The Hall–Kier alpha value is -2.15. The lowest BCUT2D eigenvalue weighted by Crippen LogP contribution is -2.26. The van der Waals surface area contributed by atoms with Gasteiger partial charge in [0.2, 0.25) is 0 Å². The monoisotopic (exact) mass is 349 g/mol. The molecule has 0 saturated carbocycles. The molecule has 0 atom stereocenters. The summed E-state index contributed by atoms with van der Waals surface area (Å²) in [6.07, 6.45) is 0.678. The number of nitrogens with zero attached hydrogens (tertiary/aromatic N) is 1. The molecular formula is C17H23N3O3S. The number of esters is 1. The molecule has 0 radical (unpaired) electrons. The Morgan fingerprint density at radius 3 is 2.67 bits per heavy atom. The Balaban J connectivity index is 1.99. The first-order valence-electron chi connectivity index (χ1n) is 7.85. The van der Waals surface area contributed by atoms with E-state index in [4.69, 9.17) is 4.74 Å². The van der Waals surface area contributed by atoms with Crippen LogP contribution in [0.25, 0.3) is 0 Å². The second-order valence-electron chi connectivity index (χ2n) is 5.95. The number of aromatic nitrogens is 2. The molecule has 0 aliphatic rings. The average Bonchev–Trinajstić information content (AvgIpc) is 3.11. The summed E-state index contributed by atoms with van der Waals surface area (Å²) in [5.74, 6) is -0.256. The molecule has 6 nitrogen and oxygen atoms in total. The summed E-state index contributed by atoms with van der Waals surface area (Å²) >= 11 is 1.64. The van der Waals surface area contributed by atoms with Crippen LogP contribution >= 0.6 is 11.3 Å².